The average Bonchev–Trinajstić information content (AvgIpc) is 3.22. The van der Waals surface area contributed by atoms with Crippen LogP contribution >= 0.6 is 0 Å². The maximum absolute atomic E-state index is 13.1. The summed E-state index contributed by atoms with van der Waals surface area (Å²) in [6.45, 7) is 4.71. The lowest BCUT2D eigenvalue weighted by atomic mass is 10.1. The Kier molecular flexibility index (Phi) is 5.67. The predicted molar refractivity (Wildman–Crippen MR) is 118 cm³/mol. The van der Waals surface area contributed by atoms with Crippen LogP contribution in [0.3, 0.4) is 0 Å². The molecule has 1 aliphatic rings. The molecule has 160 valence electrons. The van der Waals surface area contributed by atoms with Crippen LogP contribution in [0.4, 0.5) is 5.69 Å². The first kappa shape index (κ1) is 20.9. The molecule has 0 unspecified atom stereocenters. The number of sulfonamides is 1. The van der Waals surface area contributed by atoms with Crippen molar-refractivity contribution in [3.63, 3.8) is 0 Å². The molecule has 0 spiro atoms. The zero-order chi connectivity index (χ0) is 22.0. The average molecular weight is 438 g/mol. The number of anilines is 1. The van der Waals surface area contributed by atoms with Crippen LogP contribution in [-0.2, 0) is 21.2 Å². The quantitative estimate of drug-likeness (QED) is 0.565. The van der Waals surface area contributed by atoms with Crippen LogP contribution in [0, 0.1) is 18.3 Å². The van der Waals surface area contributed by atoms with Gasteiger partial charge in [-0.3, -0.25) is 9.52 Å². The summed E-state index contributed by atoms with van der Waals surface area (Å²) in [4.78, 5) is 17.4. The Balaban J connectivity index is 1.59. The fourth-order valence-electron chi connectivity index (χ4n) is 3.82. The number of hydrogen-bond donors (Lipinski definition) is 3. The summed E-state index contributed by atoms with van der Waals surface area (Å²) in [7, 11) is -3.89. The number of aromatic nitrogens is 1. The zero-order valence-electron chi connectivity index (χ0n) is 17.1. The number of hydrogen-bond acceptors (Lipinski definition) is 5. The lowest BCUT2D eigenvalue weighted by molar-refractivity contribution is -0.131. The van der Waals surface area contributed by atoms with Crippen molar-refractivity contribution in [1.29, 1.82) is 5.26 Å². The van der Waals surface area contributed by atoms with Crippen LogP contribution in [0.5, 0.6) is 0 Å². The number of nitrogens with zero attached hydrogens (tertiary/aromatic N) is 2. The highest BCUT2D eigenvalue weighted by Gasteiger charge is 2.20. The standard InChI is InChI=1S/C22H23N5O3S/c1-15-5-6-19(22-21(15)17(13-23)14-25-22)26-31(29,30)18-4-2-3-16(11-18)12-20(28)27-9-7-24-8-10-27/h2-6,11,14,24-26H,7-10,12H2,1H3. The van der Waals surface area contributed by atoms with Crippen LogP contribution < -0.4 is 10.0 Å². The Morgan fingerprint density at radius 3 is 2.74 bits per heavy atom. The minimum absolute atomic E-state index is 0.0142. The van der Waals surface area contributed by atoms with Crippen molar-refractivity contribution in [3.05, 3.63) is 59.3 Å². The highest BCUT2D eigenvalue weighted by Crippen LogP contribution is 2.30. The number of piperazine rings is 1. The molecule has 3 aromatic rings. The predicted octanol–water partition coefficient (Wildman–Crippen LogP) is 2.12. The summed E-state index contributed by atoms with van der Waals surface area (Å²) in [6.07, 6.45) is 1.72. The fourth-order valence-corrected chi connectivity index (χ4v) is 4.96. The van der Waals surface area contributed by atoms with Gasteiger partial charge in [-0.1, -0.05) is 18.2 Å². The number of carbonyl (C=O) groups is 1. The third-order valence-corrected chi connectivity index (χ3v) is 6.81. The van der Waals surface area contributed by atoms with Crippen molar-refractivity contribution in [1.82, 2.24) is 15.2 Å². The highest BCUT2D eigenvalue weighted by molar-refractivity contribution is 7.92. The molecule has 2 aromatic carbocycles. The number of aryl methyl sites for hydroxylation is 1. The molecule has 1 amide bonds. The van der Waals surface area contributed by atoms with Crippen molar-refractivity contribution < 1.29 is 13.2 Å². The molecule has 0 saturated carbocycles. The van der Waals surface area contributed by atoms with Gasteiger partial charge in [0, 0.05) is 37.8 Å². The molecule has 3 N–H and O–H groups in total. The fraction of sp³-hybridized carbons (Fsp3) is 0.273. The van der Waals surface area contributed by atoms with Gasteiger partial charge in [0.05, 0.1) is 28.1 Å². The van der Waals surface area contributed by atoms with Gasteiger partial charge in [0.2, 0.25) is 5.91 Å². The second kappa shape index (κ2) is 8.41. The third-order valence-electron chi connectivity index (χ3n) is 5.44. The monoisotopic (exact) mass is 437 g/mol. The number of amides is 1. The molecule has 1 aliphatic heterocycles. The topological polar surface area (TPSA) is 118 Å². The number of H-pyrrole nitrogens is 1. The number of rotatable bonds is 5. The molecule has 1 saturated heterocycles. The van der Waals surface area contributed by atoms with E-state index in [1.807, 2.05) is 6.92 Å². The third kappa shape index (κ3) is 4.26. The summed E-state index contributed by atoms with van der Waals surface area (Å²) in [5.41, 5.74) is 2.91. The van der Waals surface area contributed by atoms with E-state index in [-0.39, 0.29) is 17.2 Å². The van der Waals surface area contributed by atoms with Crippen molar-refractivity contribution in [2.75, 3.05) is 30.9 Å². The Morgan fingerprint density at radius 1 is 1.23 bits per heavy atom. The molecule has 0 atom stereocenters. The maximum atomic E-state index is 13.1. The number of nitrogens with one attached hydrogen (secondary N) is 3. The Hall–Kier alpha value is -3.35. The highest BCUT2D eigenvalue weighted by atomic mass is 32.2. The van der Waals surface area contributed by atoms with E-state index in [0.717, 1.165) is 18.7 Å². The molecule has 0 radical (unpaired) electrons. The summed E-state index contributed by atoms with van der Waals surface area (Å²) in [6, 6.07) is 12.0. The number of fused-ring (bicyclic) bond motifs is 1. The second-order valence-electron chi connectivity index (χ2n) is 7.55. The van der Waals surface area contributed by atoms with Crippen molar-refractivity contribution >= 4 is 32.5 Å². The summed E-state index contributed by atoms with van der Waals surface area (Å²) >= 11 is 0. The number of carbonyl (C=O) groups excluding carboxylic acids is 1. The van der Waals surface area contributed by atoms with Crippen LogP contribution in [0.15, 0.2) is 47.5 Å². The van der Waals surface area contributed by atoms with Crippen LogP contribution in [0.25, 0.3) is 10.9 Å². The Morgan fingerprint density at radius 2 is 2.00 bits per heavy atom. The van der Waals surface area contributed by atoms with Crippen molar-refractivity contribution in [2.24, 2.45) is 0 Å². The molecule has 1 aromatic heterocycles. The SMILES string of the molecule is Cc1ccc(NS(=O)(=O)c2cccc(CC(=O)N3CCNCC3)c2)c2[nH]cc(C#N)c12. The van der Waals surface area contributed by atoms with E-state index in [0.29, 0.717) is 40.8 Å². The summed E-state index contributed by atoms with van der Waals surface area (Å²) in [5, 5.41) is 13.2. The lowest BCUT2D eigenvalue weighted by Gasteiger charge is -2.27. The molecule has 9 heteroatoms. The van der Waals surface area contributed by atoms with Gasteiger partial charge in [0.1, 0.15) is 6.07 Å². The first-order valence-electron chi connectivity index (χ1n) is 10.00. The largest absolute Gasteiger partial charge is 0.358 e. The van der Waals surface area contributed by atoms with E-state index in [1.165, 1.54) is 12.1 Å². The van der Waals surface area contributed by atoms with Crippen LogP contribution in [-0.4, -0.2) is 50.4 Å². The molecular weight excluding hydrogens is 414 g/mol. The molecule has 2 heterocycles. The molecule has 8 nitrogen and oxygen atoms in total. The molecule has 0 aliphatic carbocycles. The Bertz CT molecular complexity index is 1280. The van der Waals surface area contributed by atoms with Gasteiger partial charge in [-0.2, -0.15) is 5.26 Å². The normalized spacial score (nSPS) is 14.4. The Labute approximate surface area is 180 Å². The van der Waals surface area contributed by atoms with Gasteiger partial charge in [-0.15, -0.1) is 0 Å². The van der Waals surface area contributed by atoms with E-state index >= 15 is 0 Å². The van der Waals surface area contributed by atoms with E-state index in [4.69, 9.17) is 0 Å². The first-order chi connectivity index (χ1) is 14.9. The summed E-state index contributed by atoms with van der Waals surface area (Å²) < 4.78 is 28.7. The van der Waals surface area contributed by atoms with Crippen molar-refractivity contribution in [3.8, 4) is 6.07 Å². The number of nitriles is 1. The van der Waals surface area contributed by atoms with Gasteiger partial charge in [0.25, 0.3) is 10.0 Å². The molecule has 4 rings (SSSR count). The second-order valence-corrected chi connectivity index (χ2v) is 9.24. The van der Waals surface area contributed by atoms with E-state index < -0.39 is 10.0 Å². The lowest BCUT2D eigenvalue weighted by Crippen LogP contribution is -2.46. The van der Waals surface area contributed by atoms with Gasteiger partial charge in [0.15, 0.2) is 0 Å². The molecule has 1 fully saturated rings. The smallest absolute Gasteiger partial charge is 0.261 e. The van der Waals surface area contributed by atoms with E-state index in [2.05, 4.69) is 21.1 Å². The van der Waals surface area contributed by atoms with E-state index in [1.54, 1.807) is 35.4 Å². The minimum atomic E-state index is -3.89. The van der Waals surface area contributed by atoms with E-state index in [9.17, 15) is 18.5 Å². The molecule has 0 bridgehead atoms. The zero-order valence-corrected chi connectivity index (χ0v) is 17.9. The minimum Gasteiger partial charge on any atom is -0.358 e. The summed E-state index contributed by atoms with van der Waals surface area (Å²) in [5.74, 6) is -0.0142. The van der Waals surface area contributed by atoms with Gasteiger partial charge in [-0.25, -0.2) is 8.42 Å². The van der Waals surface area contributed by atoms with Crippen LogP contribution in [0.1, 0.15) is 16.7 Å². The molecule has 31 heavy (non-hydrogen) atoms. The van der Waals surface area contributed by atoms with Crippen molar-refractivity contribution in [2.45, 2.75) is 18.2 Å². The van der Waals surface area contributed by atoms with Crippen LogP contribution in [0.2, 0.25) is 0 Å². The van der Waals surface area contributed by atoms with Gasteiger partial charge in [-0.05, 0) is 36.2 Å². The number of benzene rings is 2. The molecular formula is C22H23N5O3S. The van der Waals surface area contributed by atoms with Gasteiger partial charge < -0.3 is 15.2 Å². The number of aromatic amines is 1. The van der Waals surface area contributed by atoms with Gasteiger partial charge >= 0.3 is 0 Å². The maximum Gasteiger partial charge on any atom is 0.261 e. The first-order valence-corrected chi connectivity index (χ1v) is 11.5.